The summed E-state index contributed by atoms with van der Waals surface area (Å²) in [5.74, 6) is 2.80. The summed E-state index contributed by atoms with van der Waals surface area (Å²) in [5.41, 5.74) is 0. The molecule has 0 aliphatic heterocycles. The van der Waals surface area contributed by atoms with Crippen LogP contribution in [0.25, 0.3) is 0 Å². The van der Waals surface area contributed by atoms with Gasteiger partial charge in [-0.05, 0) is 25.5 Å². The van der Waals surface area contributed by atoms with E-state index in [1.165, 1.54) is 0 Å². The molecule has 0 N–H and O–H groups in total. The van der Waals surface area contributed by atoms with Crippen LogP contribution in [0.2, 0.25) is 0 Å². The first-order valence-electron chi connectivity index (χ1n) is 6.62. The van der Waals surface area contributed by atoms with E-state index < -0.39 is 0 Å². The maximum Gasteiger partial charge on any atom is 0.191 e. The number of rotatable bonds is 8. The van der Waals surface area contributed by atoms with Crippen LogP contribution in [0, 0.1) is 6.92 Å². The molecule has 0 atom stereocenters. The van der Waals surface area contributed by atoms with Crippen molar-refractivity contribution in [3.05, 3.63) is 48.8 Å². The molecule has 5 heteroatoms. The van der Waals surface area contributed by atoms with Crippen LogP contribution in [0.4, 0.5) is 0 Å². The number of benzene rings is 1. The quantitative estimate of drug-likeness (QED) is 0.424. The van der Waals surface area contributed by atoms with Crippen LogP contribution >= 0.6 is 11.8 Å². The number of hydrogen-bond acceptors (Lipinski definition) is 4. The first-order chi connectivity index (χ1) is 9.81. The van der Waals surface area contributed by atoms with Gasteiger partial charge in [0.1, 0.15) is 11.6 Å². The van der Waals surface area contributed by atoms with Crippen molar-refractivity contribution in [1.82, 2.24) is 14.8 Å². The summed E-state index contributed by atoms with van der Waals surface area (Å²) in [6.07, 6.45) is 2.83. The van der Waals surface area contributed by atoms with E-state index in [9.17, 15) is 0 Å². The molecule has 20 heavy (non-hydrogen) atoms. The molecular formula is C15H19N3OS. The minimum absolute atomic E-state index is 0.714. The minimum Gasteiger partial charge on any atom is -0.494 e. The second-order valence-corrected chi connectivity index (χ2v) is 5.35. The van der Waals surface area contributed by atoms with Gasteiger partial charge in [-0.25, -0.2) is 0 Å². The second kappa shape index (κ2) is 7.75. The van der Waals surface area contributed by atoms with Gasteiger partial charge in [-0.3, -0.25) is 0 Å². The predicted molar refractivity (Wildman–Crippen MR) is 82.2 cm³/mol. The summed E-state index contributed by atoms with van der Waals surface area (Å²) in [6, 6.07) is 9.88. The summed E-state index contributed by atoms with van der Waals surface area (Å²) in [4.78, 5) is 0. The Labute approximate surface area is 123 Å². The molecule has 0 saturated carbocycles. The Kier molecular flexibility index (Phi) is 5.68. The zero-order valence-corrected chi connectivity index (χ0v) is 12.5. The lowest BCUT2D eigenvalue weighted by atomic mass is 10.3. The summed E-state index contributed by atoms with van der Waals surface area (Å²) >= 11 is 1.70. The molecule has 2 aromatic rings. The van der Waals surface area contributed by atoms with E-state index in [0.29, 0.717) is 6.61 Å². The zero-order chi connectivity index (χ0) is 14.2. The van der Waals surface area contributed by atoms with Gasteiger partial charge in [0.05, 0.1) is 6.61 Å². The Balaban J connectivity index is 1.72. The third-order valence-corrected chi connectivity index (χ3v) is 3.80. The highest BCUT2D eigenvalue weighted by Gasteiger charge is 2.07. The molecule has 0 unspecified atom stereocenters. The van der Waals surface area contributed by atoms with Crippen LogP contribution in [0.3, 0.4) is 0 Å². The molecule has 0 aliphatic rings. The van der Waals surface area contributed by atoms with Crippen LogP contribution in [0.5, 0.6) is 5.75 Å². The van der Waals surface area contributed by atoms with Crippen molar-refractivity contribution >= 4 is 11.8 Å². The van der Waals surface area contributed by atoms with E-state index in [1.807, 2.05) is 43.3 Å². The van der Waals surface area contributed by atoms with E-state index >= 15 is 0 Å². The fraction of sp³-hybridized carbons (Fsp3) is 0.333. The molecule has 0 fully saturated rings. The van der Waals surface area contributed by atoms with Crippen LogP contribution in [-0.2, 0) is 6.54 Å². The average Bonchev–Trinajstić information content (AvgIpc) is 2.81. The molecule has 1 heterocycles. The lowest BCUT2D eigenvalue weighted by Gasteiger charge is -2.06. The number of nitrogens with zero attached hydrogens (tertiary/aromatic N) is 3. The molecule has 2 rings (SSSR count). The lowest BCUT2D eigenvalue weighted by Crippen LogP contribution is -2.02. The Morgan fingerprint density at radius 3 is 2.85 bits per heavy atom. The highest BCUT2D eigenvalue weighted by atomic mass is 32.2. The second-order valence-electron chi connectivity index (χ2n) is 4.29. The van der Waals surface area contributed by atoms with Crippen molar-refractivity contribution in [1.29, 1.82) is 0 Å². The third-order valence-electron chi connectivity index (χ3n) is 2.75. The number of aromatic nitrogens is 3. The highest BCUT2D eigenvalue weighted by molar-refractivity contribution is 7.99. The molecule has 0 amide bonds. The van der Waals surface area contributed by atoms with Crippen LogP contribution in [0.1, 0.15) is 12.2 Å². The van der Waals surface area contributed by atoms with E-state index in [0.717, 1.165) is 35.4 Å². The number of para-hydroxylation sites is 1. The zero-order valence-electron chi connectivity index (χ0n) is 11.7. The van der Waals surface area contributed by atoms with E-state index in [1.54, 1.807) is 11.8 Å². The maximum absolute atomic E-state index is 5.65. The van der Waals surface area contributed by atoms with E-state index in [4.69, 9.17) is 4.74 Å². The molecule has 1 aromatic carbocycles. The van der Waals surface area contributed by atoms with Crippen molar-refractivity contribution in [2.24, 2.45) is 0 Å². The smallest absolute Gasteiger partial charge is 0.191 e. The SMILES string of the molecule is C=CCn1c(C)nnc1SCCCOc1ccccc1. The maximum atomic E-state index is 5.65. The van der Waals surface area contributed by atoms with Gasteiger partial charge < -0.3 is 9.30 Å². The van der Waals surface area contributed by atoms with Gasteiger partial charge in [0.25, 0.3) is 0 Å². The van der Waals surface area contributed by atoms with Gasteiger partial charge in [-0.1, -0.05) is 36.0 Å². The van der Waals surface area contributed by atoms with Gasteiger partial charge in [-0.15, -0.1) is 16.8 Å². The van der Waals surface area contributed by atoms with Crippen LogP contribution in [-0.4, -0.2) is 27.1 Å². The summed E-state index contributed by atoms with van der Waals surface area (Å²) in [6.45, 7) is 7.18. The van der Waals surface area contributed by atoms with Crippen molar-refractivity contribution in [2.45, 2.75) is 25.0 Å². The number of hydrogen-bond donors (Lipinski definition) is 0. The highest BCUT2D eigenvalue weighted by Crippen LogP contribution is 2.18. The molecule has 0 saturated heterocycles. The first kappa shape index (κ1) is 14.7. The first-order valence-corrected chi connectivity index (χ1v) is 7.61. The Bertz CT molecular complexity index is 539. The van der Waals surface area contributed by atoms with Gasteiger partial charge >= 0.3 is 0 Å². The fourth-order valence-corrected chi connectivity index (χ4v) is 2.64. The van der Waals surface area contributed by atoms with Crippen LogP contribution < -0.4 is 4.74 Å². The molecule has 0 aliphatic carbocycles. The molecule has 106 valence electrons. The monoisotopic (exact) mass is 289 g/mol. The lowest BCUT2D eigenvalue weighted by molar-refractivity contribution is 0.318. The van der Waals surface area contributed by atoms with Gasteiger partial charge in [0.2, 0.25) is 0 Å². The number of thioether (sulfide) groups is 1. The molecule has 0 radical (unpaired) electrons. The molecular weight excluding hydrogens is 270 g/mol. The van der Waals surface area contributed by atoms with Gasteiger partial charge in [0.15, 0.2) is 5.16 Å². The van der Waals surface area contributed by atoms with Crippen molar-refractivity contribution < 1.29 is 4.74 Å². The molecule has 1 aromatic heterocycles. The predicted octanol–water partition coefficient (Wildman–Crippen LogP) is 3.33. The van der Waals surface area contributed by atoms with E-state index in [-0.39, 0.29) is 0 Å². The molecule has 0 bridgehead atoms. The Hall–Kier alpha value is -1.75. The van der Waals surface area contributed by atoms with E-state index in [2.05, 4.69) is 21.3 Å². The normalized spacial score (nSPS) is 10.4. The average molecular weight is 289 g/mol. The molecule has 0 spiro atoms. The summed E-state index contributed by atoms with van der Waals surface area (Å²) in [7, 11) is 0. The van der Waals surface area contributed by atoms with Crippen molar-refractivity contribution in [3.8, 4) is 5.75 Å². The van der Waals surface area contributed by atoms with Gasteiger partial charge in [-0.2, -0.15) is 0 Å². The minimum atomic E-state index is 0.714. The summed E-state index contributed by atoms with van der Waals surface area (Å²) < 4.78 is 7.72. The standard InChI is InChI=1S/C15H19N3OS/c1-3-10-18-13(2)16-17-15(18)20-12-7-11-19-14-8-5-4-6-9-14/h3-6,8-9H,1,7,10-12H2,2H3. The van der Waals surface area contributed by atoms with Gasteiger partial charge in [0, 0.05) is 12.3 Å². The Morgan fingerprint density at radius 1 is 1.30 bits per heavy atom. The Morgan fingerprint density at radius 2 is 2.10 bits per heavy atom. The summed E-state index contributed by atoms with van der Waals surface area (Å²) in [5, 5.41) is 9.22. The van der Waals surface area contributed by atoms with Crippen molar-refractivity contribution in [2.75, 3.05) is 12.4 Å². The third kappa shape index (κ3) is 4.13. The number of ether oxygens (including phenoxy) is 1. The number of aryl methyl sites for hydroxylation is 1. The number of allylic oxidation sites excluding steroid dienone is 1. The van der Waals surface area contributed by atoms with Crippen LogP contribution in [0.15, 0.2) is 48.1 Å². The fourth-order valence-electron chi connectivity index (χ4n) is 1.74. The largest absolute Gasteiger partial charge is 0.494 e. The topological polar surface area (TPSA) is 39.9 Å². The molecule has 4 nitrogen and oxygen atoms in total. The van der Waals surface area contributed by atoms with Crippen molar-refractivity contribution in [3.63, 3.8) is 0 Å².